The van der Waals surface area contributed by atoms with Crippen molar-refractivity contribution < 1.29 is 13.9 Å². The number of methoxy groups -OCH3 is 1. The molecule has 4 N–H and O–H groups in total. The molecule has 0 spiro atoms. The van der Waals surface area contributed by atoms with E-state index in [0.29, 0.717) is 52.7 Å². The molecule has 4 aromatic rings. The molecular weight excluding hydrogens is 449 g/mol. The van der Waals surface area contributed by atoms with Crippen LogP contribution in [0.2, 0.25) is 0 Å². The number of anilines is 3. The van der Waals surface area contributed by atoms with Gasteiger partial charge in [0.25, 0.3) is 5.91 Å². The highest BCUT2D eigenvalue weighted by atomic mass is 19.1. The van der Waals surface area contributed by atoms with Crippen molar-refractivity contribution in [1.29, 1.82) is 0 Å². The van der Waals surface area contributed by atoms with Crippen LogP contribution in [0.1, 0.15) is 28.4 Å². The number of nitrogens with one attached hydrogen (secondary N) is 4. The predicted octanol–water partition coefficient (Wildman–Crippen LogP) is 4.11. The Hall–Kier alpha value is -4.47. The van der Waals surface area contributed by atoms with E-state index in [4.69, 9.17) is 9.72 Å². The largest absolute Gasteiger partial charge is 0.492 e. The minimum Gasteiger partial charge on any atom is -0.492 e. The maximum atomic E-state index is 14.5. The molecule has 0 aliphatic carbocycles. The maximum absolute atomic E-state index is 14.5. The second-order valence-electron chi connectivity index (χ2n) is 8.39. The van der Waals surface area contributed by atoms with Crippen molar-refractivity contribution in [3.05, 3.63) is 65.9 Å². The Labute approximate surface area is 199 Å². The summed E-state index contributed by atoms with van der Waals surface area (Å²) < 4.78 is 19.8. The molecule has 0 saturated heterocycles. The van der Waals surface area contributed by atoms with Gasteiger partial charge >= 0.3 is 0 Å². The second-order valence-corrected chi connectivity index (χ2v) is 8.39. The molecule has 1 aromatic carbocycles. The van der Waals surface area contributed by atoms with Gasteiger partial charge in [0.05, 0.1) is 35.9 Å². The molecule has 1 unspecified atom stereocenters. The summed E-state index contributed by atoms with van der Waals surface area (Å²) in [4.78, 5) is 30.2. The van der Waals surface area contributed by atoms with Gasteiger partial charge in [-0.05, 0) is 24.6 Å². The van der Waals surface area contributed by atoms with E-state index in [9.17, 15) is 9.18 Å². The summed E-state index contributed by atoms with van der Waals surface area (Å²) in [6.07, 6.45) is 8.16. The summed E-state index contributed by atoms with van der Waals surface area (Å²) in [5.74, 6) is -0.133. The molecule has 1 atom stereocenters. The van der Waals surface area contributed by atoms with E-state index in [1.165, 1.54) is 13.2 Å². The van der Waals surface area contributed by atoms with Crippen LogP contribution in [0, 0.1) is 5.82 Å². The van der Waals surface area contributed by atoms with Crippen molar-refractivity contribution in [2.45, 2.75) is 12.3 Å². The van der Waals surface area contributed by atoms with Crippen LogP contribution in [0.3, 0.4) is 0 Å². The molecule has 4 bridgehead atoms. The third kappa shape index (κ3) is 3.54. The van der Waals surface area contributed by atoms with Crippen molar-refractivity contribution in [2.75, 3.05) is 30.8 Å². The molecule has 0 radical (unpaired) electrons. The lowest BCUT2D eigenvalue weighted by Gasteiger charge is -2.23. The van der Waals surface area contributed by atoms with Crippen LogP contribution in [-0.2, 0) is 0 Å². The molecule has 35 heavy (non-hydrogen) atoms. The van der Waals surface area contributed by atoms with Gasteiger partial charge in [-0.2, -0.15) is 0 Å². The minimum atomic E-state index is -0.504. The Morgan fingerprint density at radius 2 is 2.09 bits per heavy atom. The number of nitrogens with zero attached hydrogens (tertiary/aromatic N) is 3. The monoisotopic (exact) mass is 471 g/mol. The SMILES string of the molecule is COc1c(F)cccc1Nc1c2[nH]c3c1C(=O)NCC3C/C=C/CNc1ncc3nccc-2c3n1. The van der Waals surface area contributed by atoms with E-state index in [1.807, 2.05) is 12.1 Å². The van der Waals surface area contributed by atoms with Gasteiger partial charge in [-0.15, -0.1) is 0 Å². The number of fused-ring (bicyclic) bond motifs is 3. The van der Waals surface area contributed by atoms with Crippen LogP contribution in [0.4, 0.5) is 21.7 Å². The summed E-state index contributed by atoms with van der Waals surface area (Å²) in [5, 5.41) is 9.51. The number of para-hydroxylation sites is 1. The molecule has 2 aliphatic heterocycles. The molecule has 3 aromatic heterocycles. The smallest absolute Gasteiger partial charge is 0.255 e. The first kappa shape index (κ1) is 21.1. The van der Waals surface area contributed by atoms with Gasteiger partial charge in [0.2, 0.25) is 5.95 Å². The number of carbonyl (C=O) groups is 1. The molecule has 9 nitrogen and oxygen atoms in total. The highest BCUT2D eigenvalue weighted by molar-refractivity contribution is 6.08. The summed E-state index contributed by atoms with van der Waals surface area (Å²) in [5.41, 5.74) is 4.87. The highest BCUT2D eigenvalue weighted by Crippen LogP contribution is 2.43. The van der Waals surface area contributed by atoms with Crippen molar-refractivity contribution in [3.8, 4) is 17.0 Å². The standard InChI is InChI=1S/C25H22FN7O2/c1-35-23-15(26)6-4-7-16(23)31-22-18-19-13(11-29-24(18)34)5-2-3-9-28-25-30-12-17-20(33-25)14(8-10-27-17)21(22)32-19/h2-4,6-8,10,12-13,31-32H,5,9,11H2,1H3,(H,29,34)(H,28,30,33)/b3-2+. The molecule has 2 aliphatic rings. The number of rotatable bonds is 3. The van der Waals surface area contributed by atoms with Gasteiger partial charge in [0.15, 0.2) is 11.6 Å². The Morgan fingerprint density at radius 1 is 1.17 bits per heavy atom. The summed E-state index contributed by atoms with van der Waals surface area (Å²) in [6, 6.07) is 6.47. The number of hydrogen-bond acceptors (Lipinski definition) is 7. The summed E-state index contributed by atoms with van der Waals surface area (Å²) in [6.45, 7) is 1.08. The lowest BCUT2D eigenvalue weighted by atomic mass is 9.93. The second kappa shape index (κ2) is 8.39. The lowest BCUT2D eigenvalue weighted by molar-refractivity contribution is 0.0941. The molecule has 5 heterocycles. The number of ether oxygens (including phenoxy) is 1. The first-order valence-electron chi connectivity index (χ1n) is 11.3. The normalized spacial score (nSPS) is 17.5. The zero-order chi connectivity index (χ0) is 23.9. The molecular formula is C25H22FN7O2. The van der Waals surface area contributed by atoms with Crippen molar-refractivity contribution >= 4 is 34.3 Å². The van der Waals surface area contributed by atoms with Crippen molar-refractivity contribution in [3.63, 3.8) is 0 Å². The maximum Gasteiger partial charge on any atom is 0.255 e. The minimum absolute atomic E-state index is 0.0370. The topological polar surface area (TPSA) is 117 Å². The zero-order valence-corrected chi connectivity index (χ0v) is 18.9. The number of benzene rings is 1. The van der Waals surface area contributed by atoms with Crippen LogP contribution in [0.5, 0.6) is 5.75 Å². The van der Waals surface area contributed by atoms with Crippen LogP contribution >= 0.6 is 0 Å². The number of H-pyrrole nitrogens is 1. The van der Waals surface area contributed by atoms with Gasteiger partial charge in [0.1, 0.15) is 11.0 Å². The molecule has 0 fully saturated rings. The van der Waals surface area contributed by atoms with Crippen molar-refractivity contribution in [1.82, 2.24) is 25.3 Å². The first-order chi connectivity index (χ1) is 17.1. The third-order valence-corrected chi connectivity index (χ3v) is 6.32. The molecule has 6 rings (SSSR count). The quantitative estimate of drug-likeness (QED) is 0.332. The number of pyridine rings is 1. The average molecular weight is 471 g/mol. The van der Waals surface area contributed by atoms with E-state index >= 15 is 0 Å². The number of aromatic nitrogens is 4. The predicted molar refractivity (Wildman–Crippen MR) is 131 cm³/mol. The van der Waals surface area contributed by atoms with Gasteiger partial charge in [-0.25, -0.2) is 14.4 Å². The highest BCUT2D eigenvalue weighted by Gasteiger charge is 2.33. The van der Waals surface area contributed by atoms with E-state index < -0.39 is 5.82 Å². The summed E-state index contributed by atoms with van der Waals surface area (Å²) in [7, 11) is 1.41. The van der Waals surface area contributed by atoms with Crippen molar-refractivity contribution in [2.24, 2.45) is 0 Å². The molecule has 10 heteroatoms. The Morgan fingerprint density at radius 3 is 2.97 bits per heavy atom. The Kier molecular flexibility index (Phi) is 5.05. The van der Waals surface area contributed by atoms with Gasteiger partial charge in [-0.3, -0.25) is 9.78 Å². The number of halogens is 1. The van der Waals surface area contributed by atoms with Gasteiger partial charge in [-0.1, -0.05) is 18.2 Å². The fraction of sp³-hybridized carbons (Fsp3) is 0.200. The molecule has 176 valence electrons. The number of aromatic amines is 1. The van der Waals surface area contributed by atoms with Gasteiger partial charge < -0.3 is 25.7 Å². The first-order valence-corrected chi connectivity index (χ1v) is 11.3. The van der Waals surface area contributed by atoms with Crippen LogP contribution in [0.25, 0.3) is 22.3 Å². The van der Waals surface area contributed by atoms with Crippen LogP contribution in [-0.4, -0.2) is 46.0 Å². The number of carbonyl (C=O) groups excluding carboxylic acids is 1. The van der Waals surface area contributed by atoms with Crippen LogP contribution < -0.4 is 20.7 Å². The molecule has 1 amide bonds. The van der Waals surface area contributed by atoms with E-state index in [0.717, 1.165) is 17.7 Å². The summed E-state index contributed by atoms with van der Waals surface area (Å²) >= 11 is 0. The molecule has 0 saturated carbocycles. The van der Waals surface area contributed by atoms with Crippen LogP contribution in [0.15, 0.2) is 48.8 Å². The van der Waals surface area contributed by atoms with E-state index in [1.54, 1.807) is 24.5 Å². The zero-order valence-electron chi connectivity index (χ0n) is 18.9. The van der Waals surface area contributed by atoms with E-state index in [-0.39, 0.29) is 17.6 Å². The fourth-order valence-corrected chi connectivity index (χ4v) is 4.67. The number of allylic oxidation sites excluding steroid dienone is 1. The average Bonchev–Trinajstić information content (AvgIpc) is 3.24. The number of hydrogen-bond donors (Lipinski definition) is 4. The van der Waals surface area contributed by atoms with E-state index in [2.05, 4.69) is 37.0 Å². The number of amides is 1. The van der Waals surface area contributed by atoms with Gasteiger partial charge in [0, 0.05) is 36.5 Å². The Bertz CT molecular complexity index is 1500. The Balaban J connectivity index is 1.64. The lowest BCUT2D eigenvalue weighted by Crippen LogP contribution is -2.34. The third-order valence-electron chi connectivity index (χ3n) is 6.32. The fourth-order valence-electron chi connectivity index (χ4n) is 4.67.